The number of hydrogen-bond donors (Lipinski definition) is 1. The lowest BCUT2D eigenvalue weighted by Gasteiger charge is -2.15. The maximum Gasteiger partial charge on any atom is 0.173 e. The zero-order valence-corrected chi connectivity index (χ0v) is 13.6. The summed E-state index contributed by atoms with van der Waals surface area (Å²) in [6.07, 6.45) is 1.37. The molecule has 0 aliphatic rings. The van der Waals surface area contributed by atoms with Gasteiger partial charge in [0.1, 0.15) is 0 Å². The molecule has 0 saturated heterocycles. The van der Waals surface area contributed by atoms with Crippen LogP contribution >= 0.6 is 15.9 Å². The van der Waals surface area contributed by atoms with Crippen LogP contribution in [0.25, 0.3) is 0 Å². The third-order valence-corrected chi connectivity index (χ3v) is 4.28. The first-order valence-electron chi connectivity index (χ1n) is 6.92. The maximum atomic E-state index is 13.6. The lowest BCUT2D eigenvalue weighted by molar-refractivity contribution is 0.499. The van der Waals surface area contributed by atoms with E-state index < -0.39 is 17.7 Å². The number of halogens is 3. The van der Waals surface area contributed by atoms with Crippen LogP contribution in [-0.2, 0) is 19.4 Å². The summed E-state index contributed by atoms with van der Waals surface area (Å²) in [4.78, 5) is 0. The van der Waals surface area contributed by atoms with Crippen molar-refractivity contribution in [2.45, 2.75) is 39.3 Å². The number of aromatic nitrogens is 2. The summed E-state index contributed by atoms with van der Waals surface area (Å²) in [5.74, 6) is -1.79. The van der Waals surface area contributed by atoms with Gasteiger partial charge in [0.25, 0.3) is 0 Å². The summed E-state index contributed by atoms with van der Waals surface area (Å²) in [6.45, 7) is 4.80. The van der Waals surface area contributed by atoms with E-state index in [-0.39, 0.29) is 4.47 Å². The Morgan fingerprint density at radius 1 is 1.33 bits per heavy atom. The summed E-state index contributed by atoms with van der Waals surface area (Å²) in [6, 6.07) is 4.20. The zero-order chi connectivity index (χ0) is 15.6. The molecule has 1 atom stereocenters. The molecule has 21 heavy (non-hydrogen) atoms. The Labute approximate surface area is 131 Å². The van der Waals surface area contributed by atoms with Crippen LogP contribution in [-0.4, -0.2) is 9.78 Å². The molecular weight excluding hydrogens is 340 g/mol. The van der Waals surface area contributed by atoms with E-state index in [1.807, 2.05) is 24.6 Å². The summed E-state index contributed by atoms with van der Waals surface area (Å²) in [7, 11) is 0. The molecule has 114 valence electrons. The third kappa shape index (κ3) is 3.32. The Bertz CT molecular complexity index is 640. The molecule has 0 fully saturated rings. The highest BCUT2D eigenvalue weighted by molar-refractivity contribution is 9.10. The molecule has 0 amide bonds. The molecule has 0 radical (unpaired) electrons. The van der Waals surface area contributed by atoms with Crippen molar-refractivity contribution in [1.82, 2.24) is 9.78 Å². The second-order valence-electron chi connectivity index (χ2n) is 4.87. The minimum absolute atomic E-state index is 0.0910. The highest BCUT2D eigenvalue weighted by Gasteiger charge is 2.18. The average Bonchev–Trinajstić information content (AvgIpc) is 2.87. The van der Waals surface area contributed by atoms with Gasteiger partial charge in [-0.25, -0.2) is 8.78 Å². The summed E-state index contributed by atoms with van der Waals surface area (Å²) >= 11 is 3.08. The van der Waals surface area contributed by atoms with Crippen molar-refractivity contribution in [3.05, 3.63) is 51.3 Å². The van der Waals surface area contributed by atoms with Gasteiger partial charge in [-0.1, -0.05) is 13.0 Å². The highest BCUT2D eigenvalue weighted by atomic mass is 79.9. The van der Waals surface area contributed by atoms with E-state index in [0.29, 0.717) is 12.0 Å². The lowest BCUT2D eigenvalue weighted by atomic mass is 10.0. The van der Waals surface area contributed by atoms with Gasteiger partial charge < -0.3 is 5.73 Å². The quantitative estimate of drug-likeness (QED) is 0.828. The van der Waals surface area contributed by atoms with Crippen LogP contribution in [0.4, 0.5) is 8.78 Å². The van der Waals surface area contributed by atoms with Gasteiger partial charge in [-0.2, -0.15) is 5.10 Å². The van der Waals surface area contributed by atoms with Crippen LogP contribution in [0, 0.1) is 11.6 Å². The Morgan fingerprint density at radius 3 is 2.67 bits per heavy atom. The van der Waals surface area contributed by atoms with Crippen LogP contribution in [0.15, 0.2) is 22.7 Å². The molecule has 0 aliphatic heterocycles. The Kier molecular flexibility index (Phi) is 5.11. The summed E-state index contributed by atoms with van der Waals surface area (Å²) < 4.78 is 28.7. The van der Waals surface area contributed by atoms with E-state index in [2.05, 4.69) is 21.0 Å². The highest BCUT2D eigenvalue weighted by Crippen LogP contribution is 2.28. The Balaban J connectivity index is 2.28. The molecule has 0 saturated carbocycles. The number of benzene rings is 1. The topological polar surface area (TPSA) is 43.8 Å². The fourth-order valence-electron chi connectivity index (χ4n) is 2.29. The van der Waals surface area contributed by atoms with Gasteiger partial charge in [0, 0.05) is 24.7 Å². The van der Waals surface area contributed by atoms with E-state index in [0.717, 1.165) is 30.4 Å². The predicted molar refractivity (Wildman–Crippen MR) is 82.0 cm³/mol. The third-order valence-electron chi connectivity index (χ3n) is 3.47. The van der Waals surface area contributed by atoms with Gasteiger partial charge in [-0.3, -0.25) is 4.68 Å². The molecule has 3 nitrogen and oxygen atoms in total. The van der Waals surface area contributed by atoms with Crippen molar-refractivity contribution < 1.29 is 8.78 Å². The van der Waals surface area contributed by atoms with E-state index in [4.69, 9.17) is 5.73 Å². The zero-order valence-electron chi connectivity index (χ0n) is 12.0. The molecule has 2 rings (SSSR count). The fourth-order valence-corrected chi connectivity index (χ4v) is 2.90. The van der Waals surface area contributed by atoms with Crippen molar-refractivity contribution in [1.29, 1.82) is 0 Å². The molecule has 1 aromatic heterocycles. The van der Waals surface area contributed by atoms with Crippen LogP contribution in [0.5, 0.6) is 0 Å². The number of nitrogens with two attached hydrogens (primary N) is 1. The maximum absolute atomic E-state index is 13.6. The van der Waals surface area contributed by atoms with Crippen LogP contribution < -0.4 is 5.73 Å². The van der Waals surface area contributed by atoms with E-state index in [1.54, 1.807) is 0 Å². The second kappa shape index (κ2) is 6.66. The van der Waals surface area contributed by atoms with Gasteiger partial charge in [-0.15, -0.1) is 0 Å². The van der Waals surface area contributed by atoms with Crippen LogP contribution in [0.3, 0.4) is 0 Å². The lowest BCUT2D eigenvalue weighted by Crippen LogP contribution is -2.17. The van der Waals surface area contributed by atoms with Crippen molar-refractivity contribution in [3.63, 3.8) is 0 Å². The molecule has 0 bridgehead atoms. The van der Waals surface area contributed by atoms with Crippen molar-refractivity contribution in [2.75, 3.05) is 0 Å². The number of rotatable bonds is 5. The SMILES string of the molecule is CCc1cc(CC(N)c2ccc(F)c(F)c2Br)n(CC)n1. The molecule has 0 spiro atoms. The van der Waals surface area contributed by atoms with E-state index in [1.165, 1.54) is 6.07 Å². The minimum Gasteiger partial charge on any atom is -0.324 e. The van der Waals surface area contributed by atoms with Gasteiger partial charge in [0.15, 0.2) is 11.6 Å². The summed E-state index contributed by atoms with van der Waals surface area (Å²) in [5.41, 5.74) is 8.71. The smallest absolute Gasteiger partial charge is 0.173 e. The van der Waals surface area contributed by atoms with Gasteiger partial charge in [0.05, 0.1) is 10.2 Å². The van der Waals surface area contributed by atoms with Gasteiger partial charge >= 0.3 is 0 Å². The minimum atomic E-state index is -0.902. The monoisotopic (exact) mass is 357 g/mol. The van der Waals surface area contributed by atoms with Crippen molar-refractivity contribution >= 4 is 15.9 Å². The molecular formula is C15H18BrF2N3. The first kappa shape index (κ1) is 16.1. The Hall–Kier alpha value is -1.27. The first-order valence-corrected chi connectivity index (χ1v) is 7.71. The predicted octanol–water partition coefficient (Wildman–Crippen LogP) is 3.75. The van der Waals surface area contributed by atoms with Gasteiger partial charge in [0.2, 0.25) is 0 Å². The number of nitrogens with zero attached hydrogens (tertiary/aromatic N) is 2. The Morgan fingerprint density at radius 2 is 2.05 bits per heavy atom. The number of hydrogen-bond acceptors (Lipinski definition) is 2. The standard InChI is InChI=1S/C15H18BrF2N3/c1-3-9-7-10(21(4-2)20-9)8-13(19)11-5-6-12(17)15(18)14(11)16/h5-7,13H,3-4,8,19H2,1-2H3. The molecule has 1 aromatic carbocycles. The molecule has 6 heteroatoms. The van der Waals surface area contributed by atoms with E-state index in [9.17, 15) is 8.78 Å². The first-order chi connectivity index (χ1) is 9.97. The second-order valence-corrected chi connectivity index (χ2v) is 5.66. The fraction of sp³-hybridized carbons (Fsp3) is 0.400. The molecule has 1 unspecified atom stereocenters. The summed E-state index contributed by atoms with van der Waals surface area (Å²) in [5, 5.41) is 4.46. The largest absolute Gasteiger partial charge is 0.324 e. The molecule has 0 aliphatic carbocycles. The average molecular weight is 358 g/mol. The van der Waals surface area contributed by atoms with Crippen LogP contribution in [0.1, 0.15) is 36.8 Å². The molecule has 1 heterocycles. The number of aryl methyl sites for hydroxylation is 2. The molecule has 2 aromatic rings. The van der Waals surface area contributed by atoms with Crippen molar-refractivity contribution in [3.8, 4) is 0 Å². The molecule has 2 N–H and O–H groups in total. The van der Waals surface area contributed by atoms with Gasteiger partial charge in [-0.05, 0) is 47.0 Å². The van der Waals surface area contributed by atoms with Crippen LogP contribution in [0.2, 0.25) is 0 Å². The van der Waals surface area contributed by atoms with E-state index >= 15 is 0 Å². The van der Waals surface area contributed by atoms with Crippen molar-refractivity contribution in [2.24, 2.45) is 5.73 Å². The normalized spacial score (nSPS) is 12.7.